The molecule has 1 fully saturated rings. The Balaban J connectivity index is 0.00000259. The third kappa shape index (κ3) is 3.36. The molecule has 2 aliphatic rings. The molecule has 6 nitrogen and oxygen atoms in total. The van der Waals surface area contributed by atoms with E-state index in [0.717, 1.165) is 17.2 Å². The number of fused-ring (bicyclic) bond motifs is 1. The van der Waals surface area contributed by atoms with E-state index >= 15 is 0 Å². The Morgan fingerprint density at radius 2 is 1.78 bits per heavy atom. The molecular weight excluding hydrogens is 413 g/mol. The summed E-state index contributed by atoms with van der Waals surface area (Å²) in [6.45, 7) is 1.98. The van der Waals surface area contributed by atoms with Crippen LogP contribution in [0, 0.1) is 12.7 Å². The number of ether oxygens (including phenoxy) is 2. The van der Waals surface area contributed by atoms with Gasteiger partial charge < -0.3 is 19.9 Å². The van der Waals surface area contributed by atoms with Gasteiger partial charge in [-0.25, -0.2) is 9.18 Å². The monoisotopic (exact) mass is 435 g/mol. The van der Waals surface area contributed by atoms with Crippen LogP contribution in [0.3, 0.4) is 0 Å². The number of benzene rings is 3. The van der Waals surface area contributed by atoms with Gasteiger partial charge in [0.2, 0.25) is 12.7 Å². The van der Waals surface area contributed by atoms with Crippen LogP contribution in [0.15, 0.2) is 54.6 Å². The van der Waals surface area contributed by atoms with E-state index in [4.69, 9.17) is 9.47 Å². The van der Waals surface area contributed by atoms with E-state index < -0.39 is 17.2 Å². The number of rotatable bonds is 5. The van der Waals surface area contributed by atoms with Gasteiger partial charge in [-0.3, -0.25) is 4.79 Å². The predicted molar refractivity (Wildman–Crippen MR) is 118 cm³/mol. The van der Waals surface area contributed by atoms with Gasteiger partial charge in [-0.05, 0) is 78.9 Å². The topological polar surface area (TPSA) is 84.9 Å². The summed E-state index contributed by atoms with van der Waals surface area (Å²) in [6, 6.07) is 14.4. The van der Waals surface area contributed by atoms with Gasteiger partial charge in [0.15, 0.2) is 11.5 Å². The van der Waals surface area contributed by atoms with Crippen LogP contribution in [0.4, 0.5) is 10.1 Å². The van der Waals surface area contributed by atoms with Gasteiger partial charge >= 0.3 is 5.97 Å². The number of nitrogens with one attached hydrogen (secondary N) is 1. The number of aromatic carboxylic acids is 1. The zero-order chi connectivity index (χ0) is 22.5. The molecule has 32 heavy (non-hydrogen) atoms. The number of carboxylic acids is 1. The van der Waals surface area contributed by atoms with E-state index in [2.05, 4.69) is 5.32 Å². The van der Waals surface area contributed by atoms with Crippen LogP contribution in [0.2, 0.25) is 0 Å². The molecule has 1 aliphatic heterocycles. The molecule has 0 spiro atoms. The van der Waals surface area contributed by atoms with Crippen LogP contribution >= 0.6 is 0 Å². The van der Waals surface area contributed by atoms with Crippen molar-refractivity contribution in [3.05, 3.63) is 77.1 Å². The highest BCUT2D eigenvalue weighted by Crippen LogP contribution is 2.51. The van der Waals surface area contributed by atoms with E-state index in [1.807, 2.05) is 25.1 Å². The van der Waals surface area contributed by atoms with Crippen LogP contribution < -0.4 is 14.8 Å². The Kier molecular flexibility index (Phi) is 4.62. The minimum atomic E-state index is -1.13. The fourth-order valence-corrected chi connectivity index (χ4v) is 4.07. The SMILES string of the molecule is Cc1ccc(NC(=O)C2(c3ccc4c(c3)OCO4)CC2)cc1-c1cc(C(=O)O)ccc1F.[HH]. The van der Waals surface area contributed by atoms with E-state index in [1.165, 1.54) is 12.1 Å². The summed E-state index contributed by atoms with van der Waals surface area (Å²) in [6.07, 6.45) is 1.43. The van der Waals surface area contributed by atoms with E-state index in [1.54, 1.807) is 18.2 Å². The molecule has 1 heterocycles. The first-order valence-electron chi connectivity index (χ1n) is 10.2. The van der Waals surface area contributed by atoms with Gasteiger partial charge in [-0.15, -0.1) is 0 Å². The van der Waals surface area contributed by atoms with Gasteiger partial charge in [0.1, 0.15) is 5.82 Å². The van der Waals surface area contributed by atoms with Crippen LogP contribution in [-0.2, 0) is 10.2 Å². The second-order valence-electron chi connectivity index (χ2n) is 8.13. The summed E-state index contributed by atoms with van der Waals surface area (Å²) in [5, 5.41) is 12.2. The van der Waals surface area contributed by atoms with E-state index in [9.17, 15) is 19.1 Å². The minimum absolute atomic E-state index is 0. The predicted octanol–water partition coefficient (Wildman–Crippen LogP) is 5.14. The molecular formula is C25H22FNO5. The second kappa shape index (κ2) is 7.37. The van der Waals surface area contributed by atoms with Crippen LogP contribution in [0.1, 0.15) is 35.8 Å². The lowest BCUT2D eigenvalue weighted by molar-refractivity contribution is -0.118. The lowest BCUT2D eigenvalue weighted by atomic mass is 9.94. The van der Waals surface area contributed by atoms with E-state index in [0.29, 0.717) is 35.6 Å². The molecule has 0 saturated heterocycles. The maximum atomic E-state index is 14.5. The third-order valence-corrected chi connectivity index (χ3v) is 6.11. The van der Waals surface area contributed by atoms with Crippen LogP contribution in [-0.4, -0.2) is 23.8 Å². The Bertz CT molecular complexity index is 1270. The molecule has 0 radical (unpaired) electrons. The van der Waals surface area contributed by atoms with Crippen molar-refractivity contribution in [3.8, 4) is 22.6 Å². The fraction of sp³-hybridized carbons (Fsp3) is 0.200. The molecule has 3 aromatic carbocycles. The highest BCUT2D eigenvalue weighted by atomic mass is 19.1. The number of aryl methyl sites for hydroxylation is 1. The maximum absolute atomic E-state index is 14.5. The molecule has 1 aliphatic carbocycles. The number of amides is 1. The summed E-state index contributed by atoms with van der Waals surface area (Å²) in [7, 11) is 0. The molecule has 0 aromatic heterocycles. The number of hydrogen-bond donors (Lipinski definition) is 2. The van der Waals surface area contributed by atoms with E-state index in [-0.39, 0.29) is 25.3 Å². The molecule has 7 heteroatoms. The molecule has 0 bridgehead atoms. The molecule has 5 rings (SSSR count). The summed E-state index contributed by atoms with van der Waals surface area (Å²) in [5.41, 5.74) is 2.21. The van der Waals surface area contributed by atoms with Gasteiger partial charge in [0, 0.05) is 12.7 Å². The first-order valence-corrected chi connectivity index (χ1v) is 10.2. The molecule has 2 N–H and O–H groups in total. The zero-order valence-corrected chi connectivity index (χ0v) is 17.3. The van der Waals surface area contributed by atoms with Crippen molar-refractivity contribution in [1.29, 1.82) is 0 Å². The first-order chi connectivity index (χ1) is 15.4. The Morgan fingerprint density at radius 1 is 1.00 bits per heavy atom. The normalized spacial score (nSPS) is 15.3. The molecule has 3 aromatic rings. The smallest absolute Gasteiger partial charge is 0.335 e. The van der Waals surface area contributed by atoms with Gasteiger partial charge in [0.05, 0.1) is 11.0 Å². The van der Waals surface area contributed by atoms with Crippen LogP contribution in [0.25, 0.3) is 11.1 Å². The second-order valence-corrected chi connectivity index (χ2v) is 8.13. The Labute approximate surface area is 185 Å². The number of halogens is 1. The number of hydrogen-bond acceptors (Lipinski definition) is 4. The standard InChI is InChI=1S/C25H20FNO5.H2/c1-14-2-5-17(12-18(14)19-10-15(23(28)29)3-6-20(19)26)27-24(30)25(8-9-25)16-4-7-21-22(11-16)32-13-31-21;/h2-7,10-12H,8-9,13H2,1H3,(H,27,30)(H,28,29);1H. The van der Waals surface area contributed by atoms with Crippen molar-refractivity contribution >= 4 is 17.6 Å². The minimum Gasteiger partial charge on any atom is -0.478 e. The summed E-state index contributed by atoms with van der Waals surface area (Å²) in [5.74, 6) is -0.508. The van der Waals surface area contributed by atoms with Crippen molar-refractivity contribution < 1.29 is 30.0 Å². The molecule has 164 valence electrons. The number of carboxylic acid groups (broad SMARTS) is 1. The highest BCUT2D eigenvalue weighted by molar-refractivity contribution is 6.02. The van der Waals surface area contributed by atoms with Gasteiger partial charge in [0.25, 0.3) is 0 Å². The largest absolute Gasteiger partial charge is 0.478 e. The van der Waals surface area contributed by atoms with Crippen molar-refractivity contribution in [2.45, 2.75) is 25.2 Å². The summed E-state index contributed by atoms with van der Waals surface area (Å²) >= 11 is 0. The van der Waals surface area contributed by atoms with Crippen LogP contribution in [0.5, 0.6) is 11.5 Å². The van der Waals surface area contributed by atoms with Crippen molar-refractivity contribution in [2.75, 3.05) is 12.1 Å². The Morgan fingerprint density at radius 3 is 2.53 bits per heavy atom. The van der Waals surface area contributed by atoms with Gasteiger partial charge in [-0.2, -0.15) is 0 Å². The average molecular weight is 435 g/mol. The van der Waals surface area contributed by atoms with Crippen molar-refractivity contribution in [3.63, 3.8) is 0 Å². The Hall–Kier alpha value is -3.87. The third-order valence-electron chi connectivity index (χ3n) is 6.11. The van der Waals surface area contributed by atoms with Crippen molar-refractivity contribution in [2.24, 2.45) is 0 Å². The van der Waals surface area contributed by atoms with Crippen molar-refractivity contribution in [1.82, 2.24) is 0 Å². The lowest BCUT2D eigenvalue weighted by Crippen LogP contribution is -2.27. The average Bonchev–Trinajstić information content (AvgIpc) is 3.46. The lowest BCUT2D eigenvalue weighted by Gasteiger charge is -2.17. The maximum Gasteiger partial charge on any atom is 0.335 e. The highest BCUT2D eigenvalue weighted by Gasteiger charge is 2.51. The summed E-state index contributed by atoms with van der Waals surface area (Å²) < 4.78 is 25.3. The number of carbonyl (C=O) groups is 2. The number of carbonyl (C=O) groups excluding carboxylic acids is 1. The quantitative estimate of drug-likeness (QED) is 0.579. The molecule has 0 atom stereocenters. The first kappa shape index (κ1) is 20.1. The number of anilines is 1. The fourth-order valence-electron chi connectivity index (χ4n) is 4.07. The van der Waals surface area contributed by atoms with Gasteiger partial charge in [-0.1, -0.05) is 12.1 Å². The zero-order valence-electron chi connectivity index (χ0n) is 17.3. The molecule has 1 saturated carbocycles. The summed E-state index contributed by atoms with van der Waals surface area (Å²) in [4.78, 5) is 24.5. The molecule has 1 amide bonds. The molecule has 0 unspecified atom stereocenters.